The molecule has 0 radical (unpaired) electrons. The van der Waals surface area contributed by atoms with E-state index in [4.69, 9.17) is 5.73 Å². The van der Waals surface area contributed by atoms with E-state index in [0.717, 1.165) is 11.5 Å². The van der Waals surface area contributed by atoms with Gasteiger partial charge in [-0.1, -0.05) is 0 Å². The van der Waals surface area contributed by atoms with Gasteiger partial charge in [-0.25, -0.2) is 4.98 Å². The molecule has 0 unspecified atom stereocenters. The number of carbonyl (C=O) groups excluding carboxylic acids is 1. The maximum atomic E-state index is 11.7. The maximum absolute atomic E-state index is 11.7. The van der Waals surface area contributed by atoms with E-state index in [2.05, 4.69) is 19.7 Å². The van der Waals surface area contributed by atoms with Crippen molar-refractivity contribution >= 4 is 28.3 Å². The molecule has 2 rings (SSSR count). The summed E-state index contributed by atoms with van der Waals surface area (Å²) in [6.45, 7) is 1.75. The average Bonchev–Trinajstić information content (AvgIpc) is 2.64. The van der Waals surface area contributed by atoms with E-state index in [-0.39, 0.29) is 11.6 Å². The fourth-order valence-electron chi connectivity index (χ4n) is 1.08. The smallest absolute Gasteiger partial charge is 0.276 e. The van der Waals surface area contributed by atoms with E-state index in [1.165, 1.54) is 12.3 Å². The lowest BCUT2D eigenvalue weighted by molar-refractivity contribution is 0.102. The van der Waals surface area contributed by atoms with Crippen molar-refractivity contribution in [1.82, 2.24) is 14.3 Å². The molecule has 0 aliphatic carbocycles. The molecule has 3 N–H and O–H groups in total. The second-order valence-electron chi connectivity index (χ2n) is 3.08. The third-order valence-corrected chi connectivity index (χ3v) is 2.49. The number of carbonyl (C=O) groups is 1. The fraction of sp³-hybridized carbons (Fsp3) is 0.111. The quantitative estimate of drug-likeness (QED) is 0.812. The number of nitrogens with two attached hydrogens (primary N) is 1. The van der Waals surface area contributed by atoms with Crippen LogP contribution in [0.25, 0.3) is 0 Å². The van der Waals surface area contributed by atoms with Crippen LogP contribution in [-0.2, 0) is 0 Å². The van der Waals surface area contributed by atoms with Crippen molar-refractivity contribution in [2.75, 3.05) is 11.1 Å². The van der Waals surface area contributed by atoms with Crippen LogP contribution in [0.4, 0.5) is 10.8 Å². The third-order valence-electron chi connectivity index (χ3n) is 1.76. The van der Waals surface area contributed by atoms with E-state index in [0.29, 0.717) is 16.6 Å². The summed E-state index contributed by atoms with van der Waals surface area (Å²) in [4.78, 5) is 19.6. The highest BCUT2D eigenvalue weighted by Crippen LogP contribution is 2.12. The van der Waals surface area contributed by atoms with Gasteiger partial charge in [-0.2, -0.15) is 4.37 Å². The molecular weight excluding hydrogens is 226 g/mol. The summed E-state index contributed by atoms with van der Waals surface area (Å²) in [6.07, 6.45) is 1.48. The van der Waals surface area contributed by atoms with E-state index in [1.54, 1.807) is 13.0 Å². The van der Waals surface area contributed by atoms with Crippen molar-refractivity contribution in [3.63, 3.8) is 0 Å². The van der Waals surface area contributed by atoms with Crippen molar-refractivity contribution in [2.45, 2.75) is 6.92 Å². The maximum Gasteiger partial charge on any atom is 0.276 e. The van der Waals surface area contributed by atoms with Crippen LogP contribution >= 0.6 is 11.5 Å². The molecule has 1 amide bonds. The molecule has 16 heavy (non-hydrogen) atoms. The average molecular weight is 235 g/mol. The largest absolute Gasteiger partial charge is 0.399 e. The van der Waals surface area contributed by atoms with Gasteiger partial charge in [0.2, 0.25) is 5.13 Å². The number of aryl methyl sites for hydroxylation is 1. The second kappa shape index (κ2) is 4.23. The van der Waals surface area contributed by atoms with Crippen LogP contribution in [0, 0.1) is 6.92 Å². The third kappa shape index (κ3) is 2.31. The van der Waals surface area contributed by atoms with Gasteiger partial charge in [0, 0.05) is 23.4 Å². The second-order valence-corrected chi connectivity index (χ2v) is 3.83. The predicted molar refractivity (Wildman–Crippen MR) is 61.2 cm³/mol. The monoisotopic (exact) mass is 235 g/mol. The Bertz CT molecular complexity index is 524. The van der Waals surface area contributed by atoms with Crippen molar-refractivity contribution in [1.29, 1.82) is 0 Å². The molecule has 0 spiro atoms. The normalized spacial score (nSPS) is 10.1. The highest BCUT2D eigenvalue weighted by atomic mass is 32.1. The van der Waals surface area contributed by atoms with Gasteiger partial charge >= 0.3 is 0 Å². The summed E-state index contributed by atoms with van der Waals surface area (Å²) < 4.78 is 3.95. The van der Waals surface area contributed by atoms with Crippen LogP contribution in [0.2, 0.25) is 0 Å². The van der Waals surface area contributed by atoms with Gasteiger partial charge in [0.25, 0.3) is 5.91 Å². The minimum atomic E-state index is -0.344. The molecule has 2 aromatic heterocycles. The number of hydrogen-bond donors (Lipinski definition) is 2. The molecule has 0 atom stereocenters. The van der Waals surface area contributed by atoms with Crippen LogP contribution in [0.5, 0.6) is 0 Å². The van der Waals surface area contributed by atoms with E-state index in [9.17, 15) is 4.79 Å². The number of hydrogen-bond acceptors (Lipinski definition) is 6. The summed E-state index contributed by atoms with van der Waals surface area (Å²) in [5.74, 6) is 0.282. The molecule has 0 bridgehead atoms. The summed E-state index contributed by atoms with van der Waals surface area (Å²) in [5.41, 5.74) is 6.30. The number of pyridine rings is 1. The Kier molecular flexibility index (Phi) is 2.78. The van der Waals surface area contributed by atoms with Crippen molar-refractivity contribution < 1.29 is 4.79 Å². The first-order chi connectivity index (χ1) is 7.65. The lowest BCUT2D eigenvalue weighted by Gasteiger charge is -2.00. The van der Waals surface area contributed by atoms with Gasteiger partial charge in [0.1, 0.15) is 11.5 Å². The number of rotatable bonds is 2. The molecule has 7 heteroatoms. The molecular formula is C9H9N5OS. The molecule has 0 aliphatic rings. The number of anilines is 2. The first-order valence-electron chi connectivity index (χ1n) is 4.48. The summed E-state index contributed by atoms with van der Waals surface area (Å²) in [6, 6.07) is 3.12. The summed E-state index contributed by atoms with van der Waals surface area (Å²) in [7, 11) is 0. The molecule has 82 valence electrons. The van der Waals surface area contributed by atoms with Crippen LogP contribution in [0.3, 0.4) is 0 Å². The number of nitrogens with zero attached hydrogens (tertiary/aromatic N) is 3. The van der Waals surface area contributed by atoms with Crippen molar-refractivity contribution in [2.24, 2.45) is 0 Å². The van der Waals surface area contributed by atoms with Gasteiger partial charge in [-0.05, 0) is 19.1 Å². The van der Waals surface area contributed by atoms with Gasteiger partial charge < -0.3 is 5.73 Å². The fourth-order valence-corrected chi connectivity index (χ4v) is 1.65. The zero-order chi connectivity index (χ0) is 11.5. The SMILES string of the molecule is Cc1nsc(NC(=O)c2cc(N)ccn2)n1. The summed E-state index contributed by atoms with van der Waals surface area (Å²) >= 11 is 1.12. The number of nitrogens with one attached hydrogen (secondary N) is 1. The number of nitrogen functional groups attached to an aromatic ring is 1. The Hall–Kier alpha value is -2.02. The number of aromatic nitrogens is 3. The van der Waals surface area contributed by atoms with Crippen LogP contribution in [0.1, 0.15) is 16.3 Å². The van der Waals surface area contributed by atoms with E-state index < -0.39 is 0 Å². The lowest BCUT2D eigenvalue weighted by atomic mass is 10.3. The van der Waals surface area contributed by atoms with Crippen LogP contribution in [-0.4, -0.2) is 20.2 Å². The Morgan fingerprint density at radius 2 is 2.38 bits per heavy atom. The number of amides is 1. The zero-order valence-corrected chi connectivity index (χ0v) is 9.28. The lowest BCUT2D eigenvalue weighted by Crippen LogP contribution is -2.13. The van der Waals surface area contributed by atoms with E-state index >= 15 is 0 Å². The van der Waals surface area contributed by atoms with Crippen LogP contribution in [0.15, 0.2) is 18.3 Å². The first-order valence-corrected chi connectivity index (χ1v) is 5.25. The molecule has 0 saturated heterocycles. The topological polar surface area (TPSA) is 93.8 Å². The summed E-state index contributed by atoms with van der Waals surface area (Å²) in [5, 5.41) is 3.04. The Balaban J connectivity index is 2.14. The van der Waals surface area contributed by atoms with E-state index in [1.807, 2.05) is 0 Å². The zero-order valence-electron chi connectivity index (χ0n) is 8.47. The first kappa shape index (κ1) is 10.5. The van der Waals surface area contributed by atoms with Crippen LogP contribution < -0.4 is 11.1 Å². The van der Waals surface area contributed by atoms with Gasteiger partial charge in [0.15, 0.2) is 0 Å². The standard InChI is InChI=1S/C9H9N5OS/c1-5-12-9(16-14-5)13-8(15)7-4-6(10)2-3-11-7/h2-4H,1H3,(H2,10,11)(H,12,13,14,15). The van der Waals surface area contributed by atoms with Gasteiger partial charge in [-0.3, -0.25) is 15.1 Å². The Morgan fingerprint density at radius 1 is 1.56 bits per heavy atom. The molecule has 2 aromatic rings. The molecule has 6 nitrogen and oxygen atoms in total. The Morgan fingerprint density at radius 3 is 3.00 bits per heavy atom. The van der Waals surface area contributed by atoms with Crippen molar-refractivity contribution in [3.8, 4) is 0 Å². The molecule has 0 saturated carbocycles. The van der Waals surface area contributed by atoms with Gasteiger partial charge in [0.05, 0.1) is 0 Å². The molecule has 0 fully saturated rings. The van der Waals surface area contributed by atoms with Crippen molar-refractivity contribution in [3.05, 3.63) is 29.8 Å². The minimum absolute atomic E-state index is 0.257. The molecule has 0 aromatic carbocycles. The van der Waals surface area contributed by atoms with Gasteiger partial charge in [-0.15, -0.1) is 0 Å². The molecule has 2 heterocycles. The highest BCUT2D eigenvalue weighted by molar-refractivity contribution is 7.09. The molecule has 0 aliphatic heterocycles. The predicted octanol–water partition coefficient (Wildman–Crippen LogP) is 1.08. The highest BCUT2D eigenvalue weighted by Gasteiger charge is 2.10. The Labute approximate surface area is 95.7 Å². The minimum Gasteiger partial charge on any atom is -0.399 e.